The van der Waals surface area contributed by atoms with Crippen molar-refractivity contribution in [1.82, 2.24) is 0 Å². The lowest BCUT2D eigenvalue weighted by Gasteiger charge is -2.05. The van der Waals surface area contributed by atoms with E-state index in [0.29, 0.717) is 0 Å². The first-order valence-corrected chi connectivity index (χ1v) is 6.53. The van der Waals surface area contributed by atoms with Gasteiger partial charge in [0, 0.05) is 15.9 Å². The molecule has 0 saturated heterocycles. The van der Waals surface area contributed by atoms with Crippen LogP contribution in [0.1, 0.15) is 27.7 Å². The Morgan fingerprint density at radius 2 is 2.00 bits per heavy atom. The van der Waals surface area contributed by atoms with Crippen molar-refractivity contribution in [2.75, 3.05) is 5.32 Å². The molecule has 17 heavy (non-hydrogen) atoms. The zero-order valence-corrected chi connectivity index (χ0v) is 10.8. The van der Waals surface area contributed by atoms with E-state index in [1.54, 1.807) is 11.3 Å². The highest BCUT2D eigenvalue weighted by atomic mass is 32.1. The summed E-state index contributed by atoms with van der Waals surface area (Å²) in [6, 6.07) is 9.54. The molecule has 2 aromatic rings. The van der Waals surface area contributed by atoms with Gasteiger partial charge in [0.25, 0.3) is 5.91 Å². The molecule has 2 rings (SSSR count). The quantitative estimate of drug-likeness (QED) is 0.873. The van der Waals surface area contributed by atoms with Crippen LogP contribution < -0.4 is 5.32 Å². The fourth-order valence-electron chi connectivity index (χ4n) is 1.83. The number of hydrogen-bond donors (Lipinski definition) is 1. The molecule has 0 spiro atoms. The van der Waals surface area contributed by atoms with E-state index in [4.69, 9.17) is 0 Å². The second kappa shape index (κ2) is 5.15. The summed E-state index contributed by atoms with van der Waals surface area (Å²) in [7, 11) is 0. The Morgan fingerprint density at radius 1 is 1.29 bits per heavy atom. The predicted molar refractivity (Wildman–Crippen MR) is 72.8 cm³/mol. The Hall–Kier alpha value is -1.61. The fourth-order valence-corrected chi connectivity index (χ4v) is 2.77. The molecule has 1 N–H and O–H groups in total. The van der Waals surface area contributed by atoms with Crippen molar-refractivity contribution in [1.29, 1.82) is 0 Å². The minimum Gasteiger partial charge on any atom is -0.322 e. The first kappa shape index (κ1) is 11.9. The predicted octanol–water partition coefficient (Wildman–Crippen LogP) is 3.87. The van der Waals surface area contributed by atoms with E-state index in [-0.39, 0.29) is 5.91 Å². The molecule has 2 nitrogen and oxygen atoms in total. The molecule has 0 atom stereocenters. The molecule has 0 aliphatic rings. The number of carbonyl (C=O) groups excluding carboxylic acids is 1. The van der Waals surface area contributed by atoms with Crippen molar-refractivity contribution >= 4 is 22.9 Å². The summed E-state index contributed by atoms with van der Waals surface area (Å²) in [6.45, 7) is 4.14. The highest BCUT2D eigenvalue weighted by Gasteiger charge is 2.14. The molecule has 1 heterocycles. The van der Waals surface area contributed by atoms with Crippen LogP contribution in [0.15, 0.2) is 35.7 Å². The lowest BCUT2D eigenvalue weighted by molar-refractivity contribution is 0.102. The van der Waals surface area contributed by atoms with Gasteiger partial charge in [-0.1, -0.05) is 25.1 Å². The van der Waals surface area contributed by atoms with Crippen molar-refractivity contribution in [3.63, 3.8) is 0 Å². The van der Waals surface area contributed by atoms with Crippen molar-refractivity contribution in [3.05, 3.63) is 51.7 Å². The van der Waals surface area contributed by atoms with Crippen LogP contribution in [-0.4, -0.2) is 5.91 Å². The number of nitrogens with one attached hydrogen (secondary N) is 1. The number of thiophene rings is 1. The maximum absolute atomic E-state index is 12.1. The maximum atomic E-state index is 12.1. The standard InChI is InChI=1S/C14H15NOS/c1-3-12-10(2)17-9-13(12)14(16)15-11-7-5-4-6-8-11/h4-9H,3H2,1-2H3,(H,15,16). The van der Waals surface area contributed by atoms with Crippen LogP contribution in [-0.2, 0) is 6.42 Å². The SMILES string of the molecule is CCc1c(C(=O)Nc2ccccc2)csc1C. The van der Waals surface area contributed by atoms with Crippen LogP contribution in [0.25, 0.3) is 0 Å². The van der Waals surface area contributed by atoms with Gasteiger partial charge in [-0.3, -0.25) is 4.79 Å². The summed E-state index contributed by atoms with van der Waals surface area (Å²) < 4.78 is 0. The normalized spacial score (nSPS) is 10.2. The number of carbonyl (C=O) groups is 1. The number of aryl methyl sites for hydroxylation is 1. The summed E-state index contributed by atoms with van der Waals surface area (Å²) in [6.07, 6.45) is 0.896. The molecule has 0 unspecified atom stereocenters. The second-order valence-corrected chi connectivity index (χ2v) is 4.94. The molecular weight excluding hydrogens is 230 g/mol. The third-order valence-corrected chi connectivity index (χ3v) is 3.69. The van der Waals surface area contributed by atoms with Crippen LogP contribution in [0.3, 0.4) is 0 Å². The summed E-state index contributed by atoms with van der Waals surface area (Å²) in [5, 5.41) is 4.85. The van der Waals surface area contributed by atoms with E-state index in [2.05, 4.69) is 19.2 Å². The molecule has 0 fully saturated rings. The lowest BCUT2D eigenvalue weighted by atomic mass is 10.1. The maximum Gasteiger partial charge on any atom is 0.256 e. The van der Waals surface area contributed by atoms with Crippen LogP contribution in [0.5, 0.6) is 0 Å². The highest BCUT2D eigenvalue weighted by molar-refractivity contribution is 7.10. The van der Waals surface area contributed by atoms with E-state index in [9.17, 15) is 4.79 Å². The van der Waals surface area contributed by atoms with E-state index in [1.807, 2.05) is 35.7 Å². The molecule has 0 aliphatic heterocycles. The second-order valence-electron chi connectivity index (χ2n) is 3.86. The topological polar surface area (TPSA) is 29.1 Å². The summed E-state index contributed by atoms with van der Waals surface area (Å²) >= 11 is 1.63. The largest absolute Gasteiger partial charge is 0.322 e. The average Bonchev–Trinajstić information content (AvgIpc) is 2.71. The number of para-hydroxylation sites is 1. The molecule has 1 amide bonds. The molecule has 0 saturated carbocycles. The van der Waals surface area contributed by atoms with Gasteiger partial charge in [-0.05, 0) is 31.0 Å². The Morgan fingerprint density at radius 3 is 2.65 bits per heavy atom. The summed E-state index contributed by atoms with van der Waals surface area (Å²) in [5.74, 6) is -0.0163. The lowest BCUT2D eigenvalue weighted by Crippen LogP contribution is -2.12. The first-order valence-electron chi connectivity index (χ1n) is 5.65. The molecule has 3 heteroatoms. The van der Waals surface area contributed by atoms with Crippen LogP contribution in [0.4, 0.5) is 5.69 Å². The van der Waals surface area contributed by atoms with E-state index in [1.165, 1.54) is 4.88 Å². The van der Waals surface area contributed by atoms with Crippen molar-refractivity contribution in [2.45, 2.75) is 20.3 Å². The van der Waals surface area contributed by atoms with Crippen molar-refractivity contribution < 1.29 is 4.79 Å². The zero-order valence-electron chi connectivity index (χ0n) is 9.99. The Kier molecular flexibility index (Phi) is 3.59. The molecule has 1 aromatic heterocycles. The number of hydrogen-bond acceptors (Lipinski definition) is 2. The third-order valence-electron chi connectivity index (χ3n) is 2.73. The van der Waals surface area contributed by atoms with E-state index in [0.717, 1.165) is 23.2 Å². The van der Waals surface area contributed by atoms with Gasteiger partial charge in [-0.25, -0.2) is 0 Å². The molecule has 88 valence electrons. The van der Waals surface area contributed by atoms with Gasteiger partial charge in [-0.15, -0.1) is 11.3 Å². The van der Waals surface area contributed by atoms with Crippen molar-refractivity contribution in [2.24, 2.45) is 0 Å². The van der Waals surface area contributed by atoms with Gasteiger partial charge in [-0.2, -0.15) is 0 Å². The Balaban J connectivity index is 2.20. The van der Waals surface area contributed by atoms with Gasteiger partial charge in [0.2, 0.25) is 0 Å². The average molecular weight is 245 g/mol. The van der Waals surface area contributed by atoms with Gasteiger partial charge in [0.15, 0.2) is 0 Å². The summed E-state index contributed by atoms with van der Waals surface area (Å²) in [5.41, 5.74) is 2.80. The molecule has 0 bridgehead atoms. The summed E-state index contributed by atoms with van der Waals surface area (Å²) in [4.78, 5) is 13.3. The van der Waals surface area contributed by atoms with Gasteiger partial charge >= 0.3 is 0 Å². The monoisotopic (exact) mass is 245 g/mol. The van der Waals surface area contributed by atoms with Gasteiger partial charge in [0.1, 0.15) is 0 Å². The van der Waals surface area contributed by atoms with Crippen molar-refractivity contribution in [3.8, 4) is 0 Å². The third kappa shape index (κ3) is 2.56. The van der Waals surface area contributed by atoms with Gasteiger partial charge in [0.05, 0.1) is 5.56 Å². The van der Waals surface area contributed by atoms with Crippen LogP contribution >= 0.6 is 11.3 Å². The Labute approximate surface area is 105 Å². The zero-order chi connectivity index (χ0) is 12.3. The number of benzene rings is 1. The van der Waals surface area contributed by atoms with Crippen LogP contribution in [0, 0.1) is 6.92 Å². The minimum absolute atomic E-state index is 0.0163. The van der Waals surface area contributed by atoms with E-state index < -0.39 is 0 Å². The number of rotatable bonds is 3. The molecule has 0 radical (unpaired) electrons. The van der Waals surface area contributed by atoms with E-state index >= 15 is 0 Å². The highest BCUT2D eigenvalue weighted by Crippen LogP contribution is 2.23. The minimum atomic E-state index is -0.0163. The molecule has 0 aliphatic carbocycles. The fraction of sp³-hybridized carbons (Fsp3) is 0.214. The Bertz CT molecular complexity index is 516. The molecule has 1 aromatic carbocycles. The van der Waals surface area contributed by atoms with Gasteiger partial charge < -0.3 is 5.32 Å². The smallest absolute Gasteiger partial charge is 0.256 e. The first-order chi connectivity index (χ1) is 8.22. The number of anilines is 1. The number of amides is 1. The van der Waals surface area contributed by atoms with Crippen LogP contribution in [0.2, 0.25) is 0 Å². The molecular formula is C14H15NOS.